The average molecular weight is 402 g/mol. The number of ether oxygens (including phenoxy) is 1. The molecule has 2 aromatic carbocycles. The van der Waals surface area contributed by atoms with Crippen LogP contribution in [0.25, 0.3) is 11.3 Å². The van der Waals surface area contributed by atoms with E-state index in [1.54, 1.807) is 24.1 Å². The summed E-state index contributed by atoms with van der Waals surface area (Å²) in [5.74, 6) is -0.104. The second-order valence-electron chi connectivity index (χ2n) is 6.29. The normalized spacial score (nSPS) is 16.0. The van der Waals surface area contributed by atoms with Crippen molar-refractivity contribution in [3.05, 3.63) is 75.4 Å². The van der Waals surface area contributed by atoms with Crippen LogP contribution >= 0.6 is 23.2 Å². The zero-order valence-corrected chi connectivity index (χ0v) is 16.1. The van der Waals surface area contributed by atoms with Gasteiger partial charge in [0.2, 0.25) is 0 Å². The zero-order valence-electron chi connectivity index (χ0n) is 14.6. The summed E-state index contributed by atoms with van der Waals surface area (Å²) in [5, 5.41) is 8.28. The van der Waals surface area contributed by atoms with E-state index >= 15 is 0 Å². The van der Waals surface area contributed by atoms with Gasteiger partial charge in [0.05, 0.1) is 28.4 Å². The van der Waals surface area contributed by atoms with Crippen molar-refractivity contribution >= 4 is 29.1 Å². The first-order valence-electron chi connectivity index (χ1n) is 8.50. The Morgan fingerprint density at radius 1 is 1.15 bits per heavy atom. The Kier molecular flexibility index (Phi) is 4.91. The number of fused-ring (bicyclic) bond motifs is 1. The fourth-order valence-corrected chi connectivity index (χ4v) is 3.77. The van der Waals surface area contributed by atoms with Crippen LogP contribution in [0, 0.1) is 0 Å². The SMILES string of the molecule is COCCN1C(=O)c2[nH]nc(-c3ccccc3)c2C1c1ccc(Cl)c(Cl)c1. The molecule has 3 aromatic rings. The van der Waals surface area contributed by atoms with Gasteiger partial charge in [-0.05, 0) is 17.7 Å². The van der Waals surface area contributed by atoms with Crippen LogP contribution in [-0.2, 0) is 4.74 Å². The third-order valence-electron chi connectivity index (χ3n) is 4.71. The number of nitrogens with one attached hydrogen (secondary N) is 1. The smallest absolute Gasteiger partial charge is 0.273 e. The Balaban J connectivity index is 1.87. The van der Waals surface area contributed by atoms with Gasteiger partial charge in [-0.15, -0.1) is 0 Å². The largest absolute Gasteiger partial charge is 0.383 e. The molecule has 1 atom stereocenters. The number of H-pyrrole nitrogens is 1. The predicted octanol–water partition coefficient (Wildman–Crippen LogP) is 4.58. The molecular formula is C20H17Cl2N3O2. The number of rotatable bonds is 5. The van der Waals surface area contributed by atoms with Crippen molar-refractivity contribution in [3.63, 3.8) is 0 Å². The highest BCUT2D eigenvalue weighted by Crippen LogP contribution is 2.43. The van der Waals surface area contributed by atoms with Crippen molar-refractivity contribution in [2.24, 2.45) is 0 Å². The molecule has 4 rings (SSSR count). The number of nitrogens with zero attached hydrogens (tertiary/aromatic N) is 2. The van der Waals surface area contributed by atoms with Crippen molar-refractivity contribution in [3.8, 4) is 11.3 Å². The first kappa shape index (κ1) is 18.0. The molecule has 138 valence electrons. The summed E-state index contributed by atoms with van der Waals surface area (Å²) in [6, 6.07) is 14.9. The molecule has 1 amide bonds. The van der Waals surface area contributed by atoms with Gasteiger partial charge < -0.3 is 9.64 Å². The van der Waals surface area contributed by atoms with E-state index in [4.69, 9.17) is 27.9 Å². The van der Waals surface area contributed by atoms with Crippen LogP contribution in [0.2, 0.25) is 10.0 Å². The Labute approximate surface area is 166 Å². The quantitative estimate of drug-likeness (QED) is 0.680. The van der Waals surface area contributed by atoms with Gasteiger partial charge in [0.25, 0.3) is 5.91 Å². The fourth-order valence-electron chi connectivity index (χ4n) is 3.46. The lowest BCUT2D eigenvalue weighted by Crippen LogP contribution is -2.32. The maximum absolute atomic E-state index is 13.0. The predicted molar refractivity (Wildman–Crippen MR) is 105 cm³/mol. The fraction of sp³-hybridized carbons (Fsp3) is 0.200. The maximum Gasteiger partial charge on any atom is 0.273 e. The van der Waals surface area contributed by atoms with Crippen molar-refractivity contribution in [2.45, 2.75) is 6.04 Å². The van der Waals surface area contributed by atoms with E-state index in [-0.39, 0.29) is 11.9 Å². The van der Waals surface area contributed by atoms with Gasteiger partial charge in [0, 0.05) is 24.8 Å². The minimum absolute atomic E-state index is 0.104. The van der Waals surface area contributed by atoms with Gasteiger partial charge in [-0.2, -0.15) is 5.10 Å². The number of halogens is 2. The molecule has 1 unspecified atom stereocenters. The average Bonchev–Trinajstić information content (AvgIpc) is 3.22. The van der Waals surface area contributed by atoms with E-state index in [2.05, 4.69) is 10.2 Å². The third kappa shape index (κ3) is 3.12. The number of aromatic nitrogens is 2. The number of aromatic amines is 1. The number of hydrogen-bond donors (Lipinski definition) is 1. The Bertz CT molecular complexity index is 988. The number of carbonyl (C=O) groups is 1. The first-order valence-corrected chi connectivity index (χ1v) is 9.26. The van der Waals surface area contributed by atoms with E-state index in [0.29, 0.717) is 28.9 Å². The molecule has 0 spiro atoms. The maximum atomic E-state index is 13.0. The molecule has 0 aliphatic carbocycles. The summed E-state index contributed by atoms with van der Waals surface area (Å²) >= 11 is 12.3. The monoisotopic (exact) mass is 401 g/mol. The highest BCUT2D eigenvalue weighted by molar-refractivity contribution is 6.42. The van der Waals surface area contributed by atoms with Crippen molar-refractivity contribution < 1.29 is 9.53 Å². The van der Waals surface area contributed by atoms with E-state index in [0.717, 1.165) is 22.4 Å². The molecule has 0 saturated carbocycles. The molecule has 1 aliphatic rings. The summed E-state index contributed by atoms with van der Waals surface area (Å²) in [6.07, 6.45) is 0. The Morgan fingerprint density at radius 2 is 1.93 bits per heavy atom. The van der Waals surface area contributed by atoms with Crippen LogP contribution in [0.15, 0.2) is 48.5 Å². The lowest BCUT2D eigenvalue weighted by molar-refractivity contribution is 0.0677. The molecule has 1 N–H and O–H groups in total. The summed E-state index contributed by atoms with van der Waals surface area (Å²) in [4.78, 5) is 14.8. The van der Waals surface area contributed by atoms with Gasteiger partial charge in [-0.1, -0.05) is 59.6 Å². The highest BCUT2D eigenvalue weighted by atomic mass is 35.5. The number of amides is 1. The molecule has 0 fully saturated rings. The lowest BCUT2D eigenvalue weighted by atomic mass is 9.96. The molecule has 7 heteroatoms. The van der Waals surface area contributed by atoms with Crippen LogP contribution in [0.5, 0.6) is 0 Å². The molecule has 27 heavy (non-hydrogen) atoms. The molecule has 2 heterocycles. The second kappa shape index (κ2) is 7.35. The molecule has 1 aromatic heterocycles. The topological polar surface area (TPSA) is 58.2 Å². The number of methoxy groups -OCH3 is 1. The highest BCUT2D eigenvalue weighted by Gasteiger charge is 2.42. The van der Waals surface area contributed by atoms with Gasteiger partial charge in [0.15, 0.2) is 0 Å². The van der Waals surface area contributed by atoms with Crippen molar-refractivity contribution in [2.75, 3.05) is 20.3 Å². The number of benzene rings is 2. The van der Waals surface area contributed by atoms with Crippen LogP contribution in [0.1, 0.15) is 27.7 Å². The van der Waals surface area contributed by atoms with E-state index in [1.807, 2.05) is 36.4 Å². The number of carbonyl (C=O) groups excluding carboxylic acids is 1. The van der Waals surface area contributed by atoms with E-state index in [9.17, 15) is 4.79 Å². The molecule has 0 radical (unpaired) electrons. The number of hydrogen-bond acceptors (Lipinski definition) is 3. The van der Waals surface area contributed by atoms with E-state index in [1.165, 1.54) is 0 Å². The Morgan fingerprint density at radius 3 is 2.63 bits per heavy atom. The molecule has 0 saturated heterocycles. The van der Waals surface area contributed by atoms with Crippen LogP contribution < -0.4 is 0 Å². The van der Waals surface area contributed by atoms with Gasteiger partial charge in [0.1, 0.15) is 5.69 Å². The van der Waals surface area contributed by atoms with Crippen LogP contribution in [0.3, 0.4) is 0 Å². The summed E-state index contributed by atoms with van der Waals surface area (Å²) < 4.78 is 5.20. The minimum Gasteiger partial charge on any atom is -0.383 e. The van der Waals surface area contributed by atoms with Gasteiger partial charge >= 0.3 is 0 Å². The summed E-state index contributed by atoms with van der Waals surface area (Å²) in [6.45, 7) is 0.888. The van der Waals surface area contributed by atoms with E-state index < -0.39 is 0 Å². The van der Waals surface area contributed by atoms with Crippen LogP contribution in [-0.4, -0.2) is 41.3 Å². The molecule has 0 bridgehead atoms. The standard InChI is InChI=1S/C20H17Cl2N3O2/c1-27-10-9-25-19(13-7-8-14(21)15(22)11-13)16-17(12-5-3-2-4-6-12)23-24-18(16)20(25)26/h2-8,11,19H,9-10H2,1H3,(H,23,24). The van der Waals surface area contributed by atoms with Crippen molar-refractivity contribution in [1.29, 1.82) is 0 Å². The first-order chi connectivity index (χ1) is 13.1. The van der Waals surface area contributed by atoms with Gasteiger partial charge in [-0.25, -0.2) is 0 Å². The molecule has 1 aliphatic heterocycles. The summed E-state index contributed by atoms with van der Waals surface area (Å²) in [7, 11) is 1.62. The Hall–Kier alpha value is -2.34. The molecular weight excluding hydrogens is 385 g/mol. The third-order valence-corrected chi connectivity index (χ3v) is 5.45. The van der Waals surface area contributed by atoms with Crippen molar-refractivity contribution in [1.82, 2.24) is 15.1 Å². The minimum atomic E-state index is -0.314. The zero-order chi connectivity index (χ0) is 19.0. The second-order valence-corrected chi connectivity index (χ2v) is 7.11. The van der Waals surface area contributed by atoms with Crippen LogP contribution in [0.4, 0.5) is 0 Å². The lowest BCUT2D eigenvalue weighted by Gasteiger charge is -2.26. The molecule has 5 nitrogen and oxygen atoms in total. The van der Waals surface area contributed by atoms with Gasteiger partial charge in [-0.3, -0.25) is 9.89 Å². The summed E-state index contributed by atoms with van der Waals surface area (Å²) in [5.41, 5.74) is 3.93.